The van der Waals surface area contributed by atoms with Crippen molar-refractivity contribution >= 4 is 5.91 Å². The summed E-state index contributed by atoms with van der Waals surface area (Å²) in [6.45, 7) is 2.80. The first kappa shape index (κ1) is 20.5. The average molecular weight is 393 g/mol. The molecule has 0 aliphatic heterocycles. The maximum Gasteiger partial charge on any atom is 0.252 e. The van der Waals surface area contributed by atoms with E-state index in [1.54, 1.807) is 25.4 Å². The lowest BCUT2D eigenvalue weighted by atomic mass is 10.0. The van der Waals surface area contributed by atoms with E-state index in [4.69, 9.17) is 9.47 Å². The van der Waals surface area contributed by atoms with E-state index in [2.05, 4.69) is 17.2 Å². The molecule has 0 aliphatic rings. The Kier molecular flexibility index (Phi) is 6.89. The molecule has 0 aliphatic carbocycles. The molecule has 152 valence electrons. The van der Waals surface area contributed by atoms with Crippen LogP contribution >= 0.6 is 0 Å². The van der Waals surface area contributed by atoms with Crippen LogP contribution in [0.4, 0.5) is 0 Å². The van der Waals surface area contributed by atoms with Gasteiger partial charge < -0.3 is 19.4 Å². The van der Waals surface area contributed by atoms with E-state index in [0.29, 0.717) is 17.9 Å². The van der Waals surface area contributed by atoms with Crippen LogP contribution < -0.4 is 14.8 Å². The number of methoxy groups -OCH3 is 1. The van der Waals surface area contributed by atoms with Crippen molar-refractivity contribution in [2.45, 2.75) is 25.8 Å². The number of benzene rings is 2. The van der Waals surface area contributed by atoms with Crippen LogP contribution in [0.25, 0.3) is 0 Å². The van der Waals surface area contributed by atoms with Gasteiger partial charge in [-0.1, -0.05) is 31.5 Å². The molecule has 1 amide bonds. The Balaban J connectivity index is 1.83. The molecule has 0 saturated carbocycles. The van der Waals surface area contributed by atoms with E-state index in [1.165, 1.54) is 0 Å². The summed E-state index contributed by atoms with van der Waals surface area (Å²) >= 11 is 0. The Morgan fingerprint density at radius 1 is 1.17 bits per heavy atom. The van der Waals surface area contributed by atoms with Gasteiger partial charge in [0.2, 0.25) is 0 Å². The van der Waals surface area contributed by atoms with Crippen molar-refractivity contribution in [2.24, 2.45) is 7.05 Å². The van der Waals surface area contributed by atoms with E-state index < -0.39 is 6.04 Å². The number of amides is 1. The van der Waals surface area contributed by atoms with E-state index in [-0.39, 0.29) is 5.91 Å². The van der Waals surface area contributed by atoms with Gasteiger partial charge in [0.05, 0.1) is 13.7 Å². The second kappa shape index (κ2) is 9.78. The molecule has 2 aromatic carbocycles. The summed E-state index contributed by atoms with van der Waals surface area (Å²) in [5.41, 5.74) is 1.40. The number of hydrogen-bond acceptors (Lipinski definition) is 4. The lowest BCUT2D eigenvalue weighted by molar-refractivity contribution is 0.0940. The zero-order valence-corrected chi connectivity index (χ0v) is 17.1. The molecule has 1 unspecified atom stereocenters. The number of nitrogens with zero attached hydrogens (tertiary/aromatic N) is 2. The predicted molar refractivity (Wildman–Crippen MR) is 112 cm³/mol. The third-order valence-corrected chi connectivity index (χ3v) is 4.73. The molecular weight excluding hydrogens is 366 g/mol. The largest absolute Gasteiger partial charge is 0.496 e. The van der Waals surface area contributed by atoms with Crippen molar-refractivity contribution in [3.8, 4) is 11.5 Å². The number of carbonyl (C=O) groups is 1. The molecule has 1 N–H and O–H groups in total. The van der Waals surface area contributed by atoms with Gasteiger partial charge in [-0.05, 0) is 36.8 Å². The second-order valence-electron chi connectivity index (χ2n) is 6.77. The lowest BCUT2D eigenvalue weighted by Crippen LogP contribution is -2.31. The van der Waals surface area contributed by atoms with Crippen LogP contribution in [0.5, 0.6) is 11.5 Å². The molecule has 1 heterocycles. The van der Waals surface area contributed by atoms with Crippen LogP contribution in [0.2, 0.25) is 0 Å². The number of carbonyl (C=O) groups excluding carboxylic acids is 1. The molecule has 0 radical (unpaired) electrons. The van der Waals surface area contributed by atoms with Crippen LogP contribution in [0.1, 0.15) is 47.6 Å². The fourth-order valence-electron chi connectivity index (χ4n) is 3.09. The summed E-state index contributed by atoms with van der Waals surface area (Å²) in [5.74, 6) is 1.99. The number of aromatic nitrogens is 2. The Morgan fingerprint density at radius 2 is 1.93 bits per heavy atom. The number of para-hydroxylation sites is 1. The van der Waals surface area contributed by atoms with Crippen LogP contribution in [0, 0.1) is 0 Å². The van der Waals surface area contributed by atoms with Gasteiger partial charge in [0.25, 0.3) is 5.91 Å². The summed E-state index contributed by atoms with van der Waals surface area (Å²) in [7, 11) is 3.52. The Bertz CT molecular complexity index is 935. The molecule has 3 aromatic rings. The van der Waals surface area contributed by atoms with Gasteiger partial charge in [-0.25, -0.2) is 4.98 Å². The summed E-state index contributed by atoms with van der Waals surface area (Å²) < 4.78 is 13.1. The normalized spacial score (nSPS) is 11.7. The van der Waals surface area contributed by atoms with E-state index in [1.807, 2.05) is 54.2 Å². The monoisotopic (exact) mass is 393 g/mol. The Hall–Kier alpha value is -3.28. The van der Waals surface area contributed by atoms with Gasteiger partial charge in [-0.2, -0.15) is 0 Å². The maximum absolute atomic E-state index is 13.0. The van der Waals surface area contributed by atoms with Crippen molar-refractivity contribution in [2.75, 3.05) is 13.7 Å². The third kappa shape index (κ3) is 4.96. The first-order valence-electron chi connectivity index (χ1n) is 9.78. The zero-order chi connectivity index (χ0) is 20.6. The second-order valence-corrected chi connectivity index (χ2v) is 6.77. The van der Waals surface area contributed by atoms with E-state index in [0.717, 1.165) is 30.0 Å². The van der Waals surface area contributed by atoms with E-state index >= 15 is 0 Å². The van der Waals surface area contributed by atoms with Gasteiger partial charge in [0.15, 0.2) is 0 Å². The highest BCUT2D eigenvalue weighted by Gasteiger charge is 2.24. The smallest absolute Gasteiger partial charge is 0.252 e. The third-order valence-electron chi connectivity index (χ3n) is 4.73. The van der Waals surface area contributed by atoms with Gasteiger partial charge in [-0.15, -0.1) is 0 Å². The molecule has 0 fully saturated rings. The Labute approximate surface area is 171 Å². The number of unbranched alkanes of at least 4 members (excludes halogenated alkanes) is 1. The highest BCUT2D eigenvalue weighted by molar-refractivity contribution is 5.94. The molecule has 0 bridgehead atoms. The maximum atomic E-state index is 13.0. The molecule has 0 spiro atoms. The highest BCUT2D eigenvalue weighted by atomic mass is 16.5. The summed E-state index contributed by atoms with van der Waals surface area (Å²) in [6.07, 6.45) is 5.66. The number of hydrogen-bond donors (Lipinski definition) is 1. The zero-order valence-electron chi connectivity index (χ0n) is 17.1. The van der Waals surface area contributed by atoms with Crippen molar-refractivity contribution in [1.29, 1.82) is 0 Å². The predicted octanol–water partition coefficient (Wildman–Crippen LogP) is 4.13. The highest BCUT2D eigenvalue weighted by Crippen LogP contribution is 2.29. The molecule has 29 heavy (non-hydrogen) atoms. The van der Waals surface area contributed by atoms with Gasteiger partial charge >= 0.3 is 0 Å². The van der Waals surface area contributed by atoms with E-state index in [9.17, 15) is 4.79 Å². The minimum absolute atomic E-state index is 0.191. The number of imidazole rings is 1. The molecular formula is C23H27N3O3. The van der Waals surface area contributed by atoms with Crippen molar-refractivity contribution in [3.63, 3.8) is 0 Å². The van der Waals surface area contributed by atoms with Gasteiger partial charge in [0, 0.05) is 30.6 Å². The summed E-state index contributed by atoms with van der Waals surface area (Å²) in [5, 5.41) is 3.10. The first-order chi connectivity index (χ1) is 14.1. The minimum atomic E-state index is -0.445. The number of rotatable bonds is 9. The summed E-state index contributed by atoms with van der Waals surface area (Å²) in [6, 6.07) is 14.4. The minimum Gasteiger partial charge on any atom is -0.496 e. The molecule has 1 aromatic heterocycles. The van der Waals surface area contributed by atoms with Crippen LogP contribution in [-0.2, 0) is 7.05 Å². The van der Waals surface area contributed by atoms with Crippen molar-refractivity contribution < 1.29 is 14.3 Å². The fraction of sp³-hybridized carbons (Fsp3) is 0.304. The molecule has 3 rings (SSSR count). The fourth-order valence-corrected chi connectivity index (χ4v) is 3.09. The molecule has 6 nitrogen and oxygen atoms in total. The standard InChI is InChI=1S/C23H27N3O3/c1-4-5-16-29-18-12-10-17(11-13-18)23(27)25-21(22-24-14-15-26(22)2)19-8-6-7-9-20(19)28-3/h6-15,21H,4-5,16H2,1-3H3,(H,25,27). The topological polar surface area (TPSA) is 65.4 Å². The van der Waals surface area contributed by atoms with Crippen molar-refractivity contribution in [3.05, 3.63) is 77.9 Å². The SMILES string of the molecule is CCCCOc1ccc(C(=O)NC(c2ccccc2OC)c2nccn2C)cc1. The number of nitrogens with one attached hydrogen (secondary N) is 1. The van der Waals surface area contributed by atoms with Crippen LogP contribution in [-0.4, -0.2) is 29.2 Å². The molecule has 6 heteroatoms. The lowest BCUT2D eigenvalue weighted by Gasteiger charge is -2.21. The molecule has 1 atom stereocenters. The molecule has 0 saturated heterocycles. The number of ether oxygens (including phenoxy) is 2. The first-order valence-corrected chi connectivity index (χ1v) is 9.78. The van der Waals surface area contributed by atoms with Gasteiger partial charge in [-0.3, -0.25) is 4.79 Å². The quantitative estimate of drug-likeness (QED) is 0.555. The van der Waals surface area contributed by atoms with Crippen LogP contribution in [0.15, 0.2) is 60.9 Å². The average Bonchev–Trinajstić information content (AvgIpc) is 3.18. The Morgan fingerprint density at radius 3 is 2.59 bits per heavy atom. The van der Waals surface area contributed by atoms with Crippen LogP contribution in [0.3, 0.4) is 0 Å². The van der Waals surface area contributed by atoms with Crippen molar-refractivity contribution in [1.82, 2.24) is 14.9 Å². The van der Waals surface area contributed by atoms with Gasteiger partial charge in [0.1, 0.15) is 23.4 Å². The number of aryl methyl sites for hydroxylation is 1. The summed E-state index contributed by atoms with van der Waals surface area (Å²) in [4.78, 5) is 17.4.